The number of rotatable bonds is 3. The van der Waals surface area contributed by atoms with Gasteiger partial charge in [0, 0.05) is 13.1 Å². The van der Waals surface area contributed by atoms with Crippen LogP contribution in [0.1, 0.15) is 5.56 Å². The second kappa shape index (κ2) is 7.06. The van der Waals surface area contributed by atoms with E-state index in [9.17, 15) is 13.2 Å². The topological polar surface area (TPSA) is 80.5 Å². The van der Waals surface area contributed by atoms with Crippen molar-refractivity contribution in [2.75, 3.05) is 24.6 Å². The van der Waals surface area contributed by atoms with Gasteiger partial charge in [0.15, 0.2) is 9.84 Å². The first-order chi connectivity index (χ1) is 8.98. The molecule has 1 amide bonds. The van der Waals surface area contributed by atoms with Gasteiger partial charge in [-0.25, -0.2) is 8.42 Å². The van der Waals surface area contributed by atoms with Crippen LogP contribution >= 0.6 is 12.4 Å². The Morgan fingerprint density at radius 2 is 1.75 bits per heavy atom. The van der Waals surface area contributed by atoms with Gasteiger partial charge in [0.1, 0.15) is 0 Å². The molecule has 1 fully saturated rings. The molecule has 1 aromatic carbocycles. The van der Waals surface area contributed by atoms with E-state index in [1.807, 2.05) is 30.3 Å². The van der Waals surface area contributed by atoms with Crippen LogP contribution in [0.3, 0.4) is 0 Å². The van der Waals surface area contributed by atoms with Gasteiger partial charge in [-0.2, -0.15) is 0 Å². The van der Waals surface area contributed by atoms with Crippen molar-refractivity contribution in [2.45, 2.75) is 12.5 Å². The number of benzene rings is 1. The Morgan fingerprint density at radius 1 is 1.20 bits per heavy atom. The van der Waals surface area contributed by atoms with Crippen molar-refractivity contribution in [1.29, 1.82) is 0 Å². The number of halogens is 1. The van der Waals surface area contributed by atoms with Crippen LogP contribution in [0.4, 0.5) is 0 Å². The van der Waals surface area contributed by atoms with E-state index < -0.39 is 15.9 Å². The molecule has 0 aromatic heterocycles. The molecule has 2 N–H and O–H groups in total. The first-order valence-electron chi connectivity index (χ1n) is 6.27. The quantitative estimate of drug-likeness (QED) is 0.865. The van der Waals surface area contributed by atoms with Crippen molar-refractivity contribution in [2.24, 2.45) is 5.73 Å². The molecule has 1 heterocycles. The lowest BCUT2D eigenvalue weighted by atomic mass is 10.1. The lowest BCUT2D eigenvalue weighted by Gasteiger charge is -2.29. The number of carbonyl (C=O) groups excluding carboxylic acids is 1. The second-order valence-corrected chi connectivity index (χ2v) is 7.08. The SMILES string of the molecule is Cl.N[C@@H](Cc1ccccc1)C(=O)N1CCS(=O)(=O)CC1. The molecule has 5 nitrogen and oxygen atoms in total. The monoisotopic (exact) mass is 318 g/mol. The van der Waals surface area contributed by atoms with E-state index in [0.717, 1.165) is 5.56 Å². The molecule has 0 saturated carbocycles. The molecule has 112 valence electrons. The van der Waals surface area contributed by atoms with Gasteiger partial charge in [0.05, 0.1) is 17.5 Å². The maximum atomic E-state index is 12.1. The molecule has 1 aliphatic heterocycles. The third-order valence-electron chi connectivity index (χ3n) is 3.27. The van der Waals surface area contributed by atoms with E-state index >= 15 is 0 Å². The molecular weight excluding hydrogens is 300 g/mol. The molecule has 2 rings (SSSR count). The zero-order valence-corrected chi connectivity index (χ0v) is 12.7. The molecule has 1 saturated heterocycles. The normalized spacial score (nSPS) is 18.9. The molecule has 0 radical (unpaired) electrons. The standard InChI is InChI=1S/C13H18N2O3S.ClH/c14-12(10-11-4-2-1-3-5-11)13(16)15-6-8-19(17,18)9-7-15;/h1-5,12H,6-10,14H2;1H/t12-;/m0./s1. The fourth-order valence-corrected chi connectivity index (χ4v) is 3.32. The zero-order valence-electron chi connectivity index (χ0n) is 11.1. The fourth-order valence-electron chi connectivity index (χ4n) is 2.12. The Kier molecular flexibility index (Phi) is 5.98. The van der Waals surface area contributed by atoms with E-state index in [-0.39, 0.29) is 42.9 Å². The minimum Gasteiger partial charge on any atom is -0.339 e. The third kappa shape index (κ3) is 4.47. The summed E-state index contributed by atoms with van der Waals surface area (Å²) in [4.78, 5) is 13.7. The van der Waals surface area contributed by atoms with Gasteiger partial charge in [-0.15, -0.1) is 12.4 Å². The van der Waals surface area contributed by atoms with Crippen LogP contribution in [0.2, 0.25) is 0 Å². The summed E-state index contributed by atoms with van der Waals surface area (Å²) >= 11 is 0. The molecule has 1 atom stereocenters. The van der Waals surface area contributed by atoms with E-state index in [4.69, 9.17) is 5.73 Å². The van der Waals surface area contributed by atoms with Crippen molar-refractivity contribution in [3.05, 3.63) is 35.9 Å². The first-order valence-corrected chi connectivity index (χ1v) is 8.09. The van der Waals surface area contributed by atoms with Crippen molar-refractivity contribution in [3.63, 3.8) is 0 Å². The number of amides is 1. The van der Waals surface area contributed by atoms with Crippen molar-refractivity contribution < 1.29 is 13.2 Å². The first kappa shape index (κ1) is 16.9. The summed E-state index contributed by atoms with van der Waals surface area (Å²) in [5.41, 5.74) is 6.91. The highest BCUT2D eigenvalue weighted by atomic mass is 35.5. The fraction of sp³-hybridized carbons (Fsp3) is 0.462. The molecule has 1 aliphatic rings. The summed E-state index contributed by atoms with van der Waals surface area (Å²) in [7, 11) is -2.97. The van der Waals surface area contributed by atoms with E-state index in [2.05, 4.69) is 0 Å². The van der Waals surface area contributed by atoms with Gasteiger partial charge in [-0.05, 0) is 12.0 Å². The number of nitrogens with two attached hydrogens (primary N) is 1. The highest BCUT2D eigenvalue weighted by Crippen LogP contribution is 2.08. The minimum atomic E-state index is -2.97. The van der Waals surface area contributed by atoms with Gasteiger partial charge >= 0.3 is 0 Å². The maximum absolute atomic E-state index is 12.1. The smallest absolute Gasteiger partial charge is 0.239 e. The number of hydrogen-bond acceptors (Lipinski definition) is 4. The summed E-state index contributed by atoms with van der Waals surface area (Å²) < 4.78 is 22.6. The van der Waals surface area contributed by atoms with Crippen molar-refractivity contribution in [1.82, 2.24) is 4.90 Å². The lowest BCUT2D eigenvalue weighted by molar-refractivity contribution is -0.132. The zero-order chi connectivity index (χ0) is 13.9. The number of carbonyl (C=O) groups is 1. The summed E-state index contributed by atoms with van der Waals surface area (Å²) in [5.74, 6) is -0.0908. The van der Waals surface area contributed by atoms with Crippen molar-refractivity contribution in [3.8, 4) is 0 Å². The second-order valence-electron chi connectivity index (χ2n) is 4.77. The Bertz CT molecular complexity index is 534. The average Bonchev–Trinajstić information content (AvgIpc) is 2.39. The summed E-state index contributed by atoms with van der Waals surface area (Å²) in [6, 6.07) is 8.96. The number of sulfone groups is 1. The van der Waals surface area contributed by atoms with Gasteiger partial charge in [0.2, 0.25) is 5.91 Å². The Balaban J connectivity index is 0.00000200. The van der Waals surface area contributed by atoms with Crippen LogP contribution in [0, 0.1) is 0 Å². The number of hydrogen-bond donors (Lipinski definition) is 1. The Labute approximate surface area is 125 Å². The molecule has 20 heavy (non-hydrogen) atoms. The van der Waals surface area contributed by atoms with Crippen molar-refractivity contribution >= 4 is 28.2 Å². The predicted molar refractivity (Wildman–Crippen MR) is 80.6 cm³/mol. The largest absolute Gasteiger partial charge is 0.339 e. The van der Waals surface area contributed by atoms with E-state index in [0.29, 0.717) is 6.42 Å². The molecule has 0 bridgehead atoms. The van der Waals surface area contributed by atoms with E-state index in [1.165, 1.54) is 0 Å². The molecule has 0 aliphatic carbocycles. The van der Waals surface area contributed by atoms with Crippen LogP contribution in [-0.4, -0.2) is 49.9 Å². The van der Waals surface area contributed by atoms with Crippen LogP contribution in [0.25, 0.3) is 0 Å². The summed E-state index contributed by atoms with van der Waals surface area (Å²) in [5, 5.41) is 0. The van der Waals surface area contributed by atoms with Crippen LogP contribution in [0.5, 0.6) is 0 Å². The van der Waals surface area contributed by atoms with Gasteiger partial charge in [0.25, 0.3) is 0 Å². The Morgan fingerprint density at radius 3 is 2.30 bits per heavy atom. The summed E-state index contributed by atoms with van der Waals surface area (Å²) in [6.07, 6.45) is 0.475. The van der Waals surface area contributed by atoms with Gasteiger partial charge < -0.3 is 10.6 Å². The predicted octanol–water partition coefficient (Wildman–Crippen LogP) is 0.235. The number of nitrogens with zero attached hydrogens (tertiary/aromatic N) is 1. The van der Waals surface area contributed by atoms with Crippen LogP contribution in [0.15, 0.2) is 30.3 Å². The lowest BCUT2D eigenvalue weighted by Crippen LogP contribution is -2.50. The molecule has 0 spiro atoms. The minimum absolute atomic E-state index is 0. The summed E-state index contributed by atoms with van der Waals surface area (Å²) in [6.45, 7) is 0.507. The molecular formula is C13H19ClN2O3S. The maximum Gasteiger partial charge on any atom is 0.239 e. The highest BCUT2D eigenvalue weighted by molar-refractivity contribution is 7.91. The van der Waals surface area contributed by atoms with Gasteiger partial charge in [-0.3, -0.25) is 4.79 Å². The molecule has 1 aromatic rings. The average molecular weight is 319 g/mol. The third-order valence-corrected chi connectivity index (χ3v) is 4.88. The van der Waals surface area contributed by atoms with Crippen LogP contribution < -0.4 is 5.73 Å². The molecule has 0 unspecified atom stereocenters. The highest BCUT2D eigenvalue weighted by Gasteiger charge is 2.27. The van der Waals surface area contributed by atoms with Crippen LogP contribution in [-0.2, 0) is 21.1 Å². The van der Waals surface area contributed by atoms with Gasteiger partial charge in [-0.1, -0.05) is 30.3 Å². The van der Waals surface area contributed by atoms with E-state index in [1.54, 1.807) is 4.90 Å². The Hall–Kier alpha value is -1.11. The molecule has 7 heteroatoms.